The molecule has 1 aromatic carbocycles. The van der Waals surface area contributed by atoms with Crippen molar-refractivity contribution in [2.24, 2.45) is 0 Å². The minimum Gasteiger partial charge on any atom is -0.378 e. The fraction of sp³-hybridized carbons (Fsp3) is 0.400. The van der Waals surface area contributed by atoms with Crippen LogP contribution in [0.25, 0.3) is 4.98 Å². The molecule has 1 aliphatic rings. The summed E-state index contributed by atoms with van der Waals surface area (Å²) in [7, 11) is -10.7. The van der Waals surface area contributed by atoms with Gasteiger partial charge < -0.3 is 9.64 Å². The van der Waals surface area contributed by atoms with Crippen molar-refractivity contribution in [3.8, 4) is 0 Å². The Balaban J connectivity index is 0.000000270. The molecule has 0 aromatic heterocycles. The summed E-state index contributed by atoms with van der Waals surface area (Å²) in [5.74, 6) is 0. The van der Waals surface area contributed by atoms with Crippen LogP contribution in [0.1, 0.15) is 0 Å². The Bertz CT molecular complexity index is 506. The third-order valence-electron chi connectivity index (χ3n) is 2.34. The Morgan fingerprint density at radius 1 is 0.952 bits per heavy atom. The van der Waals surface area contributed by atoms with E-state index in [1.54, 1.807) is 12.1 Å². The molecule has 0 aliphatic carbocycles. The SMILES string of the molecule is F[P-](F)(F)(F)(F)F.N#[N+]c1ccc(N2CCOCC2)cc1. The van der Waals surface area contributed by atoms with Crippen LogP contribution in [0.3, 0.4) is 0 Å². The summed E-state index contributed by atoms with van der Waals surface area (Å²) < 4.78 is 64.5. The van der Waals surface area contributed by atoms with Crippen molar-refractivity contribution in [3.05, 3.63) is 29.2 Å². The number of halogens is 6. The molecule has 1 saturated heterocycles. The third kappa shape index (κ3) is 9.87. The van der Waals surface area contributed by atoms with Gasteiger partial charge in [0.2, 0.25) is 5.39 Å². The van der Waals surface area contributed by atoms with E-state index in [2.05, 4.69) is 9.88 Å². The normalized spacial score (nSPS) is 18.6. The number of hydrogen-bond donors (Lipinski definition) is 0. The largest absolute Gasteiger partial charge is 0.385 e. The van der Waals surface area contributed by atoms with E-state index in [4.69, 9.17) is 10.1 Å². The summed E-state index contributed by atoms with van der Waals surface area (Å²) in [5, 5.41) is 8.53. The van der Waals surface area contributed by atoms with E-state index in [9.17, 15) is 25.2 Å². The number of rotatable bonds is 1. The minimum absolute atomic E-state index is 0.585. The summed E-state index contributed by atoms with van der Waals surface area (Å²) in [6.07, 6.45) is 0. The maximum atomic E-state index is 9.87. The molecule has 4 nitrogen and oxygen atoms in total. The van der Waals surface area contributed by atoms with Crippen LogP contribution in [-0.2, 0) is 4.74 Å². The van der Waals surface area contributed by atoms with E-state index in [-0.39, 0.29) is 0 Å². The van der Waals surface area contributed by atoms with Gasteiger partial charge in [-0.15, -0.1) is 0 Å². The van der Waals surface area contributed by atoms with Gasteiger partial charge >= 0.3 is 38.7 Å². The van der Waals surface area contributed by atoms with Crippen molar-refractivity contribution < 1.29 is 29.9 Å². The Kier molecular flexibility index (Phi) is 4.42. The average molecular weight is 335 g/mol. The topological polar surface area (TPSA) is 40.6 Å². The van der Waals surface area contributed by atoms with E-state index in [0.717, 1.165) is 32.0 Å². The Hall–Kier alpha value is -1.59. The van der Waals surface area contributed by atoms with Gasteiger partial charge in [0.05, 0.1) is 13.2 Å². The van der Waals surface area contributed by atoms with Crippen molar-refractivity contribution in [1.82, 2.24) is 0 Å². The molecular weight excluding hydrogens is 323 g/mol. The quantitative estimate of drug-likeness (QED) is 0.392. The Morgan fingerprint density at radius 2 is 1.38 bits per heavy atom. The van der Waals surface area contributed by atoms with E-state index < -0.39 is 7.81 Å². The molecule has 0 bridgehead atoms. The second kappa shape index (κ2) is 5.31. The molecule has 0 saturated carbocycles. The summed E-state index contributed by atoms with van der Waals surface area (Å²) in [4.78, 5) is 5.37. The van der Waals surface area contributed by atoms with E-state index in [1.807, 2.05) is 12.1 Å². The van der Waals surface area contributed by atoms with Gasteiger partial charge in [-0.2, -0.15) is 0 Å². The second-order valence-corrected chi connectivity index (χ2v) is 6.09. The maximum Gasteiger partial charge on any atom is 0.385 e. The van der Waals surface area contributed by atoms with Gasteiger partial charge in [-0.3, -0.25) is 0 Å². The van der Waals surface area contributed by atoms with Gasteiger partial charge in [-0.25, -0.2) is 0 Å². The smallest absolute Gasteiger partial charge is 0.378 e. The van der Waals surface area contributed by atoms with Gasteiger partial charge in [0.25, 0.3) is 0 Å². The van der Waals surface area contributed by atoms with Crippen LogP contribution in [-0.4, -0.2) is 26.3 Å². The molecule has 0 amide bonds. The zero-order valence-corrected chi connectivity index (χ0v) is 11.5. The molecule has 21 heavy (non-hydrogen) atoms. The van der Waals surface area contributed by atoms with E-state index >= 15 is 0 Å². The summed E-state index contributed by atoms with van der Waals surface area (Å²) in [6, 6.07) is 7.51. The first-order chi connectivity index (χ1) is 9.35. The van der Waals surface area contributed by atoms with Crippen LogP contribution < -0.4 is 4.90 Å². The first kappa shape index (κ1) is 17.5. The Morgan fingerprint density at radius 3 is 1.76 bits per heavy atom. The number of anilines is 1. The van der Waals surface area contributed by atoms with Crippen molar-refractivity contribution in [2.75, 3.05) is 31.2 Å². The van der Waals surface area contributed by atoms with E-state index in [1.165, 1.54) is 0 Å². The van der Waals surface area contributed by atoms with Crippen molar-refractivity contribution >= 4 is 19.2 Å². The Labute approximate surface area is 116 Å². The van der Waals surface area contributed by atoms with Gasteiger partial charge in [0, 0.05) is 30.9 Å². The first-order valence-electron chi connectivity index (χ1n) is 5.69. The van der Waals surface area contributed by atoms with Crippen LogP contribution >= 0.6 is 7.81 Å². The predicted octanol–water partition coefficient (Wildman–Crippen LogP) is 5.39. The molecule has 0 N–H and O–H groups in total. The molecule has 120 valence electrons. The number of hydrogen-bond acceptors (Lipinski definition) is 3. The van der Waals surface area contributed by atoms with Crippen molar-refractivity contribution in [3.63, 3.8) is 0 Å². The number of ether oxygens (including phenoxy) is 1. The zero-order chi connectivity index (χ0) is 16.2. The van der Waals surface area contributed by atoms with Gasteiger partial charge in [-0.05, 0) is 12.1 Å². The molecule has 0 radical (unpaired) electrons. The number of diazo groups is 1. The molecule has 0 atom stereocenters. The molecule has 1 fully saturated rings. The molecule has 2 rings (SSSR count). The van der Waals surface area contributed by atoms with Crippen LogP contribution in [0.15, 0.2) is 24.3 Å². The standard InChI is InChI=1S/C10H12N3O.F6P/c11-12-9-1-3-10(4-2-9)13-5-7-14-8-6-13;1-7(2,3,4,5)6/h1-4H,5-8H2;/q+1;-1. The minimum atomic E-state index is -10.7. The van der Waals surface area contributed by atoms with Gasteiger partial charge in [0.15, 0.2) is 4.98 Å². The fourth-order valence-electron chi connectivity index (χ4n) is 1.55. The van der Waals surface area contributed by atoms with Gasteiger partial charge in [-0.1, -0.05) is 0 Å². The van der Waals surface area contributed by atoms with Crippen LogP contribution in [0.2, 0.25) is 0 Å². The van der Waals surface area contributed by atoms with Crippen LogP contribution in [0.5, 0.6) is 0 Å². The monoisotopic (exact) mass is 335 g/mol. The summed E-state index contributed by atoms with van der Waals surface area (Å²) in [6.45, 7) is 3.42. The molecule has 1 aliphatic heterocycles. The average Bonchev–Trinajstić information content (AvgIpc) is 2.36. The number of benzene rings is 1. The van der Waals surface area contributed by atoms with Crippen molar-refractivity contribution in [2.45, 2.75) is 0 Å². The number of nitrogens with zero attached hydrogens (tertiary/aromatic N) is 3. The predicted molar refractivity (Wildman–Crippen MR) is 67.8 cm³/mol. The number of morpholine rings is 1. The molecule has 1 aromatic rings. The van der Waals surface area contributed by atoms with E-state index in [0.29, 0.717) is 5.69 Å². The summed E-state index contributed by atoms with van der Waals surface area (Å²) in [5.41, 5.74) is 1.74. The van der Waals surface area contributed by atoms with Crippen LogP contribution in [0.4, 0.5) is 36.6 Å². The second-order valence-electron chi connectivity index (χ2n) is 4.17. The van der Waals surface area contributed by atoms with Crippen molar-refractivity contribution in [1.29, 1.82) is 5.39 Å². The zero-order valence-electron chi connectivity index (χ0n) is 10.6. The van der Waals surface area contributed by atoms with Gasteiger partial charge in [0.1, 0.15) is 0 Å². The summed E-state index contributed by atoms with van der Waals surface area (Å²) >= 11 is 0. The molecule has 0 unspecified atom stereocenters. The molecule has 0 spiro atoms. The maximum absolute atomic E-state index is 10.7. The first-order valence-corrected chi connectivity index (χ1v) is 7.72. The fourth-order valence-corrected chi connectivity index (χ4v) is 1.55. The molecular formula is C10H12F6N3OP. The molecule has 1 heterocycles. The molecule has 11 heteroatoms. The van der Waals surface area contributed by atoms with Crippen LogP contribution in [0, 0.1) is 5.39 Å². The third-order valence-corrected chi connectivity index (χ3v) is 2.34.